The lowest BCUT2D eigenvalue weighted by molar-refractivity contribution is 0.414. The molecule has 4 aromatic rings. The van der Waals surface area contributed by atoms with Crippen molar-refractivity contribution in [2.75, 3.05) is 7.11 Å². The van der Waals surface area contributed by atoms with Gasteiger partial charge in [0.25, 0.3) is 0 Å². The highest BCUT2D eigenvalue weighted by atomic mass is 32.2. The Kier molecular flexibility index (Phi) is 5.16. The van der Waals surface area contributed by atoms with Crippen molar-refractivity contribution in [1.82, 2.24) is 19.7 Å². The fourth-order valence-corrected chi connectivity index (χ4v) is 3.67. The summed E-state index contributed by atoms with van der Waals surface area (Å²) in [5.74, 6) is 1.90. The molecule has 0 N–H and O–H groups in total. The number of hydrogen-bond donors (Lipinski definition) is 0. The van der Waals surface area contributed by atoms with Crippen LogP contribution in [0.3, 0.4) is 0 Å². The predicted molar refractivity (Wildman–Crippen MR) is 109 cm³/mol. The molecule has 0 spiro atoms. The van der Waals surface area contributed by atoms with Crippen LogP contribution in [0.1, 0.15) is 23.6 Å². The van der Waals surface area contributed by atoms with Crippen LogP contribution >= 0.6 is 11.8 Å². The summed E-state index contributed by atoms with van der Waals surface area (Å²) < 4.78 is 13.2. The van der Waals surface area contributed by atoms with E-state index in [-0.39, 0.29) is 5.25 Å². The third kappa shape index (κ3) is 3.80. The van der Waals surface area contributed by atoms with Crippen molar-refractivity contribution in [2.45, 2.75) is 24.3 Å². The second kappa shape index (κ2) is 7.90. The maximum absolute atomic E-state index is 5.90. The van der Waals surface area contributed by atoms with Crippen LogP contribution in [0.5, 0.6) is 5.75 Å². The number of aromatic nitrogens is 4. The standard InChI is InChI=1S/C21H20N4O2S/c1-14-7-9-16(10-8-14)20-24-23-19(27-20)15(2)28-21-22-11-12-25(21)17-5-4-6-18(13-17)26-3/h4-13,15H,1-3H3/t15-/m0/s1. The Bertz CT molecular complexity index is 1070. The Hall–Kier alpha value is -3.06. The van der Waals surface area contributed by atoms with Gasteiger partial charge >= 0.3 is 0 Å². The van der Waals surface area contributed by atoms with E-state index < -0.39 is 0 Å². The second-order valence-corrected chi connectivity index (χ2v) is 7.66. The molecule has 0 radical (unpaired) electrons. The van der Waals surface area contributed by atoms with E-state index in [1.54, 1.807) is 25.1 Å². The maximum Gasteiger partial charge on any atom is 0.247 e. The van der Waals surface area contributed by atoms with E-state index in [0.717, 1.165) is 22.2 Å². The molecule has 7 heteroatoms. The summed E-state index contributed by atoms with van der Waals surface area (Å²) in [7, 11) is 1.66. The largest absolute Gasteiger partial charge is 0.497 e. The number of hydrogen-bond acceptors (Lipinski definition) is 6. The highest BCUT2D eigenvalue weighted by Gasteiger charge is 2.19. The Morgan fingerprint density at radius 2 is 1.93 bits per heavy atom. The summed E-state index contributed by atoms with van der Waals surface area (Å²) in [5.41, 5.74) is 3.09. The van der Waals surface area contributed by atoms with Crippen LogP contribution in [0.15, 0.2) is 70.5 Å². The Labute approximate surface area is 167 Å². The molecule has 0 aliphatic heterocycles. The van der Waals surface area contributed by atoms with Gasteiger partial charge in [-0.3, -0.25) is 4.57 Å². The van der Waals surface area contributed by atoms with E-state index in [0.29, 0.717) is 11.8 Å². The zero-order valence-electron chi connectivity index (χ0n) is 15.9. The first-order chi connectivity index (χ1) is 13.6. The number of benzene rings is 2. The first kappa shape index (κ1) is 18.3. The number of nitrogens with zero attached hydrogens (tertiary/aromatic N) is 4. The van der Waals surface area contributed by atoms with Crippen LogP contribution in [0.25, 0.3) is 17.1 Å². The lowest BCUT2D eigenvalue weighted by Crippen LogP contribution is -1.98. The van der Waals surface area contributed by atoms with Crippen LogP contribution in [0.2, 0.25) is 0 Å². The number of methoxy groups -OCH3 is 1. The molecule has 4 rings (SSSR count). The third-order valence-corrected chi connectivity index (χ3v) is 5.38. The maximum atomic E-state index is 5.90. The van der Waals surface area contributed by atoms with Crippen molar-refractivity contribution in [1.29, 1.82) is 0 Å². The van der Waals surface area contributed by atoms with Gasteiger partial charge in [0.2, 0.25) is 11.8 Å². The van der Waals surface area contributed by atoms with Crippen LogP contribution in [0.4, 0.5) is 0 Å². The Morgan fingerprint density at radius 1 is 1.11 bits per heavy atom. The molecule has 6 nitrogen and oxygen atoms in total. The van der Waals surface area contributed by atoms with E-state index in [2.05, 4.69) is 15.2 Å². The molecule has 2 aromatic heterocycles. The molecule has 142 valence electrons. The van der Waals surface area contributed by atoms with Gasteiger partial charge in [-0.15, -0.1) is 10.2 Å². The minimum absolute atomic E-state index is 0.0431. The minimum atomic E-state index is -0.0431. The Balaban J connectivity index is 1.54. The summed E-state index contributed by atoms with van der Waals surface area (Å²) in [6, 6.07) is 15.9. The van der Waals surface area contributed by atoms with Crippen molar-refractivity contribution in [3.05, 3.63) is 72.4 Å². The monoisotopic (exact) mass is 392 g/mol. The molecule has 0 unspecified atom stereocenters. The van der Waals surface area contributed by atoms with Crippen LogP contribution in [0, 0.1) is 6.92 Å². The molecule has 0 amide bonds. The molecule has 0 aliphatic rings. The molecular weight excluding hydrogens is 372 g/mol. The van der Waals surface area contributed by atoms with E-state index in [1.807, 2.05) is 73.1 Å². The normalized spacial score (nSPS) is 12.1. The molecule has 2 aromatic carbocycles. The van der Waals surface area contributed by atoms with E-state index in [1.165, 1.54) is 5.56 Å². The van der Waals surface area contributed by atoms with Crippen molar-refractivity contribution in [2.24, 2.45) is 0 Å². The van der Waals surface area contributed by atoms with Crippen LogP contribution < -0.4 is 4.74 Å². The lowest BCUT2D eigenvalue weighted by Gasteiger charge is -2.11. The smallest absolute Gasteiger partial charge is 0.247 e. The minimum Gasteiger partial charge on any atom is -0.497 e. The molecule has 0 aliphatic carbocycles. The third-order valence-electron chi connectivity index (χ3n) is 4.31. The fraction of sp³-hybridized carbons (Fsp3) is 0.190. The zero-order chi connectivity index (χ0) is 19.5. The van der Waals surface area contributed by atoms with Gasteiger partial charge in [0.05, 0.1) is 18.0 Å². The van der Waals surface area contributed by atoms with Crippen molar-refractivity contribution in [3.8, 4) is 22.9 Å². The van der Waals surface area contributed by atoms with Gasteiger partial charge in [-0.05, 0) is 38.1 Å². The van der Waals surface area contributed by atoms with Gasteiger partial charge in [0.15, 0.2) is 5.16 Å². The van der Waals surface area contributed by atoms with Gasteiger partial charge in [-0.2, -0.15) is 0 Å². The number of ether oxygens (including phenoxy) is 1. The van der Waals surface area contributed by atoms with Crippen LogP contribution in [-0.2, 0) is 0 Å². The second-order valence-electron chi connectivity index (χ2n) is 6.35. The van der Waals surface area contributed by atoms with Gasteiger partial charge in [0.1, 0.15) is 5.75 Å². The van der Waals surface area contributed by atoms with Gasteiger partial charge in [0, 0.05) is 24.0 Å². The summed E-state index contributed by atoms with van der Waals surface area (Å²) in [5, 5.41) is 9.23. The van der Waals surface area contributed by atoms with Crippen molar-refractivity contribution in [3.63, 3.8) is 0 Å². The fourth-order valence-electron chi connectivity index (χ4n) is 2.75. The summed E-state index contributed by atoms with van der Waals surface area (Å²) >= 11 is 1.56. The first-order valence-electron chi connectivity index (χ1n) is 8.89. The SMILES string of the molecule is COc1cccc(-n2ccnc2S[C@@H](C)c2nnc(-c3ccc(C)cc3)o2)c1. The van der Waals surface area contributed by atoms with Crippen LogP contribution in [-0.4, -0.2) is 26.9 Å². The molecule has 0 bridgehead atoms. The molecule has 2 heterocycles. The topological polar surface area (TPSA) is 66.0 Å². The molecule has 0 fully saturated rings. The molecular formula is C21H20N4O2S. The lowest BCUT2D eigenvalue weighted by atomic mass is 10.1. The molecule has 0 saturated carbocycles. The number of thioether (sulfide) groups is 1. The molecule has 0 saturated heterocycles. The van der Waals surface area contributed by atoms with E-state index >= 15 is 0 Å². The number of imidazole rings is 1. The van der Waals surface area contributed by atoms with Crippen molar-refractivity contribution < 1.29 is 9.15 Å². The number of aryl methyl sites for hydroxylation is 1. The molecule has 1 atom stereocenters. The van der Waals surface area contributed by atoms with Crippen molar-refractivity contribution >= 4 is 11.8 Å². The highest BCUT2D eigenvalue weighted by Crippen LogP contribution is 2.35. The van der Waals surface area contributed by atoms with Gasteiger partial charge in [-0.25, -0.2) is 4.98 Å². The average molecular weight is 392 g/mol. The average Bonchev–Trinajstić information content (AvgIpc) is 3.38. The van der Waals surface area contributed by atoms with Gasteiger partial charge < -0.3 is 9.15 Å². The first-order valence-corrected chi connectivity index (χ1v) is 9.77. The zero-order valence-corrected chi connectivity index (χ0v) is 16.7. The molecule has 28 heavy (non-hydrogen) atoms. The summed E-state index contributed by atoms with van der Waals surface area (Å²) in [6.07, 6.45) is 3.70. The van der Waals surface area contributed by atoms with Gasteiger partial charge in [-0.1, -0.05) is 35.5 Å². The highest BCUT2D eigenvalue weighted by molar-refractivity contribution is 7.99. The van der Waals surface area contributed by atoms with E-state index in [4.69, 9.17) is 9.15 Å². The Morgan fingerprint density at radius 3 is 2.71 bits per heavy atom. The number of rotatable bonds is 6. The quantitative estimate of drug-likeness (QED) is 0.426. The van der Waals surface area contributed by atoms with E-state index in [9.17, 15) is 0 Å². The summed E-state index contributed by atoms with van der Waals surface area (Å²) in [4.78, 5) is 4.48. The summed E-state index contributed by atoms with van der Waals surface area (Å²) in [6.45, 7) is 4.08. The predicted octanol–water partition coefficient (Wildman–Crippen LogP) is 5.09.